The van der Waals surface area contributed by atoms with Crippen LogP contribution in [0.15, 0.2) is 81.2 Å². The molecule has 1 radical (unpaired) electrons. The maximum absolute atomic E-state index is 5.89. The zero-order valence-electron chi connectivity index (χ0n) is 12.5. The van der Waals surface area contributed by atoms with E-state index in [2.05, 4.69) is 60.7 Å². The Balaban J connectivity index is 0.00000146. The van der Waals surface area contributed by atoms with Crippen molar-refractivity contribution in [3.05, 3.63) is 72.8 Å². The molecule has 5 rings (SSSR count). The van der Waals surface area contributed by atoms with E-state index in [0.29, 0.717) is 0 Å². The molecule has 0 saturated heterocycles. The van der Waals surface area contributed by atoms with Crippen LogP contribution < -0.4 is 0 Å². The molecule has 0 atom stereocenters. The average molecular weight is 568 g/mol. The molecule has 0 saturated carbocycles. The molecule has 0 bridgehead atoms. The zero-order chi connectivity index (χ0) is 15.2. The van der Waals surface area contributed by atoms with E-state index in [9.17, 15) is 0 Å². The molecule has 0 fully saturated rings. The monoisotopic (exact) mass is 568 g/mol. The van der Waals surface area contributed by atoms with Gasteiger partial charge in [0.2, 0.25) is 8.67 Å². The van der Waals surface area contributed by atoms with Crippen molar-refractivity contribution in [2.75, 3.05) is 0 Å². The van der Waals surface area contributed by atoms with Crippen LogP contribution in [-0.4, -0.2) is 0 Å². The molecule has 0 unspecified atom stereocenters. The second-order valence-corrected chi connectivity index (χ2v) is 6.18. The minimum absolute atomic E-state index is 0. The molecular formula is C20H13EsO2P. The number of hydrogen-bond acceptors (Lipinski definition) is 2. The van der Waals surface area contributed by atoms with Crippen LogP contribution in [0.25, 0.3) is 43.5 Å². The van der Waals surface area contributed by atoms with Gasteiger partial charge >= 0.3 is 0 Å². The molecule has 4 aromatic carbocycles. The van der Waals surface area contributed by atoms with Gasteiger partial charge in [-0.15, -0.1) is 0 Å². The van der Waals surface area contributed by atoms with Gasteiger partial charge in [0.25, 0.3) is 0 Å². The summed E-state index contributed by atoms with van der Waals surface area (Å²) in [5, 5.41) is 7.05. The van der Waals surface area contributed by atoms with Crippen LogP contribution >= 0.6 is 8.67 Å². The van der Waals surface area contributed by atoms with Crippen molar-refractivity contribution in [2.45, 2.75) is 0 Å². The van der Waals surface area contributed by atoms with Crippen LogP contribution in [0.5, 0.6) is 0 Å². The molecule has 0 aliphatic rings. The van der Waals surface area contributed by atoms with Crippen molar-refractivity contribution in [1.29, 1.82) is 0 Å². The van der Waals surface area contributed by atoms with E-state index in [-0.39, 0.29) is 8.67 Å². The van der Waals surface area contributed by atoms with Gasteiger partial charge in [0.1, 0.15) is 11.2 Å². The van der Waals surface area contributed by atoms with E-state index in [1.807, 2.05) is 12.1 Å². The van der Waals surface area contributed by atoms with Crippen molar-refractivity contribution >= 4 is 52.2 Å². The second-order valence-electron chi connectivity index (χ2n) is 5.61. The predicted octanol–water partition coefficient (Wildman–Crippen LogP) is 6.64. The fourth-order valence-electron chi connectivity index (χ4n) is 3.30. The third-order valence-electron chi connectivity index (χ3n) is 4.33. The summed E-state index contributed by atoms with van der Waals surface area (Å²) in [6, 6.07) is 25.1. The Hall–Kier alpha value is -3.70. The first-order valence-electron chi connectivity index (χ1n) is 7.54. The van der Waals surface area contributed by atoms with Crippen LogP contribution in [-0.2, 0) is 0 Å². The van der Waals surface area contributed by atoms with Crippen LogP contribution in [0.2, 0.25) is 0 Å². The van der Waals surface area contributed by atoms with Gasteiger partial charge in [0.15, 0.2) is 0 Å². The maximum Gasteiger partial charge on any atom is 0.201 e. The number of benzene rings is 4. The fourth-order valence-corrected chi connectivity index (χ4v) is 3.86. The van der Waals surface area contributed by atoms with Gasteiger partial charge in [-0.1, -0.05) is 60.7 Å². The first-order valence-corrected chi connectivity index (χ1v) is 8.36. The third kappa shape index (κ3) is 1.86. The predicted molar refractivity (Wildman–Crippen MR) is 98.1 cm³/mol. The molecule has 0 N–H and O–H groups in total. The van der Waals surface area contributed by atoms with Gasteiger partial charge in [-0.3, -0.25) is 0 Å². The van der Waals surface area contributed by atoms with Crippen LogP contribution in [0.3, 0.4) is 0 Å². The Labute approximate surface area is 133 Å². The van der Waals surface area contributed by atoms with Crippen molar-refractivity contribution in [3.63, 3.8) is 0 Å². The molecule has 0 aliphatic carbocycles. The third-order valence-corrected chi connectivity index (χ3v) is 4.94. The summed E-state index contributed by atoms with van der Waals surface area (Å²) in [6.07, 6.45) is 0. The molecule has 0 amide bonds. The number of fused-ring (bicyclic) bond motifs is 7. The van der Waals surface area contributed by atoms with Gasteiger partial charge in [0, 0.05) is 10.8 Å². The Morgan fingerprint density at radius 1 is 0.542 bits per heavy atom. The average Bonchev–Trinajstić information content (AvgIpc) is 2.81. The van der Waals surface area contributed by atoms with Gasteiger partial charge in [-0.2, -0.15) is 0 Å². The first kappa shape index (κ1) is 13.9. The molecule has 121 valence electrons. The second kappa shape index (κ2) is 5.19. The van der Waals surface area contributed by atoms with Crippen LogP contribution in [0, 0.1) is 0 Å². The zero-order valence-corrected chi connectivity index (χ0v) is 16.1. The number of hydrogen-bond donors (Lipinski definition) is 0. The fraction of sp³-hybridized carbons (Fsp3) is 0. The minimum atomic E-state index is -0.0290. The summed E-state index contributed by atoms with van der Waals surface area (Å²) in [7, 11) is -0.0290. The Bertz CT molecular complexity index is 1130. The molecular weight excluding hydrogens is 555 g/mol. The Morgan fingerprint density at radius 2 is 1.00 bits per heavy atom. The van der Waals surface area contributed by atoms with Crippen molar-refractivity contribution in [2.24, 2.45) is 0 Å². The van der Waals surface area contributed by atoms with E-state index in [1.165, 1.54) is 21.5 Å². The standard InChI is InChI=1S/C20H13O2P.Es/c1-3-7-15-13(5-1)9-11-17-19(15)20-16-8-4-2-6-14(16)10-12-18(20)22-23-21-17;/h1-12,23H;. The summed E-state index contributed by atoms with van der Waals surface area (Å²) in [5.74, 6) is 0. The molecule has 24 heavy (non-hydrogen) atoms. The van der Waals surface area contributed by atoms with E-state index >= 15 is 0 Å². The molecule has 1 aromatic heterocycles. The van der Waals surface area contributed by atoms with Crippen molar-refractivity contribution in [1.82, 2.24) is 0 Å². The molecule has 4 heteroatoms. The Morgan fingerprint density at radius 3 is 1.50 bits per heavy atom. The summed E-state index contributed by atoms with van der Waals surface area (Å²) in [4.78, 5) is 0. The Kier molecular flexibility index (Phi) is 3.01. The van der Waals surface area contributed by atoms with E-state index in [4.69, 9.17) is 8.39 Å². The molecule has 0 spiro atoms. The summed E-state index contributed by atoms with van der Waals surface area (Å²) in [5.41, 5.74) is 1.77. The smallest absolute Gasteiger partial charge is 0.201 e. The van der Waals surface area contributed by atoms with Crippen molar-refractivity contribution < 1.29 is 8.39 Å². The van der Waals surface area contributed by atoms with Crippen LogP contribution in [0.4, 0.5) is 0 Å². The van der Waals surface area contributed by atoms with E-state index < -0.39 is 0 Å². The molecule has 5 aromatic rings. The first-order chi connectivity index (χ1) is 11.4. The van der Waals surface area contributed by atoms with Gasteiger partial charge in [0.05, 0.1) is 0 Å². The summed E-state index contributed by atoms with van der Waals surface area (Å²) in [6.45, 7) is 0. The molecule has 0 aliphatic heterocycles. The largest absolute Gasteiger partial charge is 0.421 e. The summed E-state index contributed by atoms with van der Waals surface area (Å²) >= 11 is 0. The minimum Gasteiger partial charge on any atom is -0.421 e. The van der Waals surface area contributed by atoms with E-state index in [1.54, 1.807) is 0 Å². The molecule has 2 nitrogen and oxygen atoms in total. The quantitative estimate of drug-likeness (QED) is 0.210. The van der Waals surface area contributed by atoms with Crippen LogP contribution in [0.1, 0.15) is 0 Å². The molecule has 1 heterocycles. The van der Waals surface area contributed by atoms with Gasteiger partial charge < -0.3 is 8.39 Å². The maximum atomic E-state index is 5.89. The van der Waals surface area contributed by atoms with Crippen molar-refractivity contribution in [3.8, 4) is 0 Å². The SMILES string of the molecule is [Es].c1ccc2c(c1)ccc1o[pH]oc3ccc4ccccc4c3c12. The summed E-state index contributed by atoms with van der Waals surface area (Å²) < 4.78 is 11.8. The van der Waals surface area contributed by atoms with E-state index in [0.717, 1.165) is 21.9 Å². The normalized spacial score (nSPS) is 11.0. The van der Waals surface area contributed by atoms with Gasteiger partial charge in [-0.05, 0) is 33.7 Å². The topological polar surface area (TPSA) is 26.3 Å². The number of rotatable bonds is 0. The van der Waals surface area contributed by atoms with Gasteiger partial charge in [-0.25, -0.2) is 0 Å².